The molecule has 1 aliphatic heterocycles. The van der Waals surface area contributed by atoms with Gasteiger partial charge in [-0.25, -0.2) is 4.79 Å². The minimum Gasteiger partial charge on any atom is -0.442 e. The Morgan fingerprint density at radius 1 is 1.26 bits per heavy atom. The lowest BCUT2D eigenvalue weighted by Crippen LogP contribution is -2.34. The summed E-state index contributed by atoms with van der Waals surface area (Å²) in [4.78, 5) is 38.5. The molecule has 1 aromatic heterocycles. The number of hydrogen-bond donors (Lipinski definition) is 3. The fourth-order valence-corrected chi connectivity index (χ4v) is 3.40. The molecular formula is C18H19N3O5S. The Bertz CT molecular complexity index is 849. The van der Waals surface area contributed by atoms with E-state index in [-0.39, 0.29) is 12.5 Å². The standard InChI is InChI=1S/C18H19N3O5S/c1-11-2-7-15(27-11)17(24)19-8-14-9-21(18(25)26-14)13-5-3-12(4-6-13)20-16(23)10-22/h2-7,14,22H,8-10H2,1H3,(H,19,24)(H,20,23)/t14-/m0/s1. The van der Waals surface area contributed by atoms with E-state index in [2.05, 4.69) is 10.6 Å². The molecule has 0 aliphatic carbocycles. The highest BCUT2D eigenvalue weighted by Gasteiger charge is 2.32. The van der Waals surface area contributed by atoms with E-state index in [1.165, 1.54) is 16.2 Å². The predicted molar refractivity (Wildman–Crippen MR) is 101 cm³/mol. The van der Waals surface area contributed by atoms with Crippen molar-refractivity contribution in [2.45, 2.75) is 13.0 Å². The van der Waals surface area contributed by atoms with Gasteiger partial charge in [0.25, 0.3) is 5.91 Å². The molecule has 3 amide bonds. The number of amides is 3. The SMILES string of the molecule is Cc1ccc(C(=O)NC[C@H]2CN(c3ccc(NC(=O)CO)cc3)C(=O)O2)s1. The summed E-state index contributed by atoms with van der Waals surface area (Å²) in [5, 5.41) is 14.0. The molecule has 1 aliphatic rings. The lowest BCUT2D eigenvalue weighted by atomic mass is 10.2. The van der Waals surface area contributed by atoms with E-state index < -0.39 is 24.7 Å². The highest BCUT2D eigenvalue weighted by molar-refractivity contribution is 7.13. The Balaban J connectivity index is 1.55. The van der Waals surface area contributed by atoms with Gasteiger partial charge in [0.05, 0.1) is 18.0 Å². The molecule has 8 nitrogen and oxygen atoms in total. The summed E-state index contributed by atoms with van der Waals surface area (Å²) in [6.45, 7) is 1.87. The van der Waals surface area contributed by atoms with Crippen molar-refractivity contribution in [3.8, 4) is 0 Å². The quantitative estimate of drug-likeness (QED) is 0.698. The number of cyclic esters (lactones) is 1. The number of anilines is 2. The lowest BCUT2D eigenvalue weighted by molar-refractivity contribution is -0.118. The summed E-state index contributed by atoms with van der Waals surface area (Å²) in [5.74, 6) is -0.702. The normalized spacial score (nSPS) is 16.1. The second kappa shape index (κ2) is 8.19. The number of nitrogens with one attached hydrogen (secondary N) is 2. The molecule has 2 heterocycles. The van der Waals surface area contributed by atoms with Crippen molar-refractivity contribution in [3.63, 3.8) is 0 Å². The van der Waals surface area contributed by atoms with Crippen LogP contribution in [0.4, 0.5) is 16.2 Å². The second-order valence-electron chi connectivity index (χ2n) is 5.99. The van der Waals surface area contributed by atoms with E-state index in [0.717, 1.165) is 4.88 Å². The molecular weight excluding hydrogens is 370 g/mol. The number of hydrogen-bond acceptors (Lipinski definition) is 6. The van der Waals surface area contributed by atoms with Crippen LogP contribution in [0.15, 0.2) is 36.4 Å². The third-order valence-electron chi connectivity index (χ3n) is 3.93. The number of carbonyl (C=O) groups is 3. The van der Waals surface area contributed by atoms with Crippen LogP contribution in [0.5, 0.6) is 0 Å². The van der Waals surface area contributed by atoms with Crippen LogP contribution in [0.2, 0.25) is 0 Å². The van der Waals surface area contributed by atoms with Crippen LogP contribution in [-0.4, -0.2) is 48.8 Å². The lowest BCUT2D eigenvalue weighted by Gasteiger charge is -2.14. The zero-order valence-corrected chi connectivity index (χ0v) is 15.4. The molecule has 9 heteroatoms. The third-order valence-corrected chi connectivity index (χ3v) is 4.93. The summed E-state index contributed by atoms with van der Waals surface area (Å²) in [6, 6.07) is 10.2. The molecule has 0 bridgehead atoms. The third kappa shape index (κ3) is 4.63. The topological polar surface area (TPSA) is 108 Å². The highest BCUT2D eigenvalue weighted by Crippen LogP contribution is 2.23. The highest BCUT2D eigenvalue weighted by atomic mass is 32.1. The van der Waals surface area contributed by atoms with Crippen molar-refractivity contribution >= 4 is 40.6 Å². The van der Waals surface area contributed by atoms with Gasteiger partial charge in [-0.05, 0) is 43.3 Å². The van der Waals surface area contributed by atoms with Gasteiger partial charge in [-0.2, -0.15) is 0 Å². The van der Waals surface area contributed by atoms with E-state index in [0.29, 0.717) is 22.8 Å². The summed E-state index contributed by atoms with van der Waals surface area (Å²) < 4.78 is 5.30. The fraction of sp³-hybridized carbons (Fsp3) is 0.278. The molecule has 142 valence electrons. The van der Waals surface area contributed by atoms with Gasteiger partial charge in [-0.3, -0.25) is 14.5 Å². The number of benzene rings is 1. The molecule has 1 aromatic carbocycles. The minimum atomic E-state index is -0.599. The number of carbonyl (C=O) groups excluding carboxylic acids is 3. The number of nitrogens with zero attached hydrogens (tertiary/aromatic N) is 1. The summed E-state index contributed by atoms with van der Waals surface area (Å²) >= 11 is 1.41. The first-order valence-corrected chi connectivity index (χ1v) is 9.11. The molecule has 3 N–H and O–H groups in total. The molecule has 0 saturated carbocycles. The number of aliphatic hydroxyl groups is 1. The Hall–Kier alpha value is -2.91. The summed E-state index contributed by atoms with van der Waals surface area (Å²) in [7, 11) is 0. The van der Waals surface area contributed by atoms with Crippen LogP contribution < -0.4 is 15.5 Å². The van der Waals surface area contributed by atoms with E-state index >= 15 is 0 Å². The van der Waals surface area contributed by atoms with Crippen LogP contribution in [0.25, 0.3) is 0 Å². The maximum Gasteiger partial charge on any atom is 0.414 e. The maximum absolute atomic E-state index is 12.1. The van der Waals surface area contributed by atoms with Gasteiger partial charge in [-0.15, -0.1) is 11.3 Å². The fourth-order valence-electron chi connectivity index (χ4n) is 2.61. The van der Waals surface area contributed by atoms with Gasteiger partial charge >= 0.3 is 6.09 Å². The molecule has 1 fully saturated rings. The van der Waals surface area contributed by atoms with Crippen molar-refractivity contribution in [2.24, 2.45) is 0 Å². The van der Waals surface area contributed by atoms with Crippen LogP contribution in [-0.2, 0) is 9.53 Å². The molecule has 1 saturated heterocycles. The summed E-state index contributed by atoms with van der Waals surface area (Å²) in [6.07, 6.45) is -0.940. The first kappa shape index (κ1) is 18.9. The molecule has 0 spiro atoms. The zero-order valence-electron chi connectivity index (χ0n) is 14.6. The van der Waals surface area contributed by atoms with E-state index in [1.807, 2.05) is 13.0 Å². The second-order valence-corrected chi connectivity index (χ2v) is 7.28. The first-order valence-electron chi connectivity index (χ1n) is 8.30. The largest absolute Gasteiger partial charge is 0.442 e. The van der Waals surface area contributed by atoms with Crippen LogP contribution in [0.3, 0.4) is 0 Å². The Morgan fingerprint density at radius 3 is 2.63 bits per heavy atom. The van der Waals surface area contributed by atoms with Crippen molar-refractivity contribution in [3.05, 3.63) is 46.2 Å². The molecule has 3 rings (SSSR count). The van der Waals surface area contributed by atoms with Gasteiger partial charge in [-0.1, -0.05) is 0 Å². The Labute approximate surface area is 159 Å². The first-order chi connectivity index (χ1) is 13.0. The molecule has 1 atom stereocenters. The zero-order chi connectivity index (χ0) is 19.4. The average molecular weight is 389 g/mol. The van der Waals surface area contributed by atoms with Gasteiger partial charge in [0.1, 0.15) is 12.7 Å². The minimum absolute atomic E-state index is 0.188. The number of aryl methyl sites for hydroxylation is 1. The van der Waals surface area contributed by atoms with Gasteiger partial charge in [0.2, 0.25) is 5.91 Å². The Morgan fingerprint density at radius 2 is 2.00 bits per heavy atom. The van der Waals surface area contributed by atoms with Crippen LogP contribution >= 0.6 is 11.3 Å². The smallest absolute Gasteiger partial charge is 0.414 e. The monoisotopic (exact) mass is 389 g/mol. The maximum atomic E-state index is 12.1. The van der Waals surface area contributed by atoms with Crippen LogP contribution in [0.1, 0.15) is 14.5 Å². The molecule has 2 aromatic rings. The predicted octanol–water partition coefficient (Wildman–Crippen LogP) is 1.74. The number of thiophene rings is 1. The van der Waals surface area contributed by atoms with Gasteiger partial charge in [0, 0.05) is 16.3 Å². The van der Waals surface area contributed by atoms with Crippen molar-refractivity contribution in [1.29, 1.82) is 0 Å². The number of ether oxygens (including phenoxy) is 1. The molecule has 0 radical (unpaired) electrons. The number of rotatable bonds is 6. The molecule has 0 unspecified atom stereocenters. The van der Waals surface area contributed by atoms with Crippen molar-refractivity contribution in [1.82, 2.24) is 5.32 Å². The Kier molecular flexibility index (Phi) is 5.72. The van der Waals surface area contributed by atoms with E-state index in [1.54, 1.807) is 30.3 Å². The van der Waals surface area contributed by atoms with Gasteiger partial charge < -0.3 is 20.5 Å². The summed E-state index contributed by atoms with van der Waals surface area (Å²) in [5.41, 5.74) is 1.13. The molecule has 27 heavy (non-hydrogen) atoms. The van der Waals surface area contributed by atoms with Crippen molar-refractivity contribution < 1.29 is 24.2 Å². The van der Waals surface area contributed by atoms with E-state index in [9.17, 15) is 14.4 Å². The average Bonchev–Trinajstić information content (AvgIpc) is 3.26. The van der Waals surface area contributed by atoms with Crippen LogP contribution in [0, 0.1) is 6.92 Å². The van der Waals surface area contributed by atoms with Crippen molar-refractivity contribution in [2.75, 3.05) is 29.9 Å². The number of aliphatic hydroxyl groups excluding tert-OH is 1. The van der Waals surface area contributed by atoms with E-state index in [4.69, 9.17) is 9.84 Å². The van der Waals surface area contributed by atoms with Gasteiger partial charge in [0.15, 0.2) is 0 Å².